The summed E-state index contributed by atoms with van der Waals surface area (Å²) in [5.41, 5.74) is 0. The van der Waals surface area contributed by atoms with Crippen LogP contribution in [0.1, 0.15) is 20.3 Å². The second-order valence-electron chi connectivity index (χ2n) is 5.27. The van der Waals surface area contributed by atoms with Crippen LogP contribution in [0.15, 0.2) is 0 Å². The molecule has 0 aliphatic rings. The molecule has 0 rings (SSSR count). The Labute approximate surface area is 114 Å². The van der Waals surface area contributed by atoms with Gasteiger partial charge < -0.3 is 14.1 Å². The van der Waals surface area contributed by atoms with Crippen molar-refractivity contribution in [1.82, 2.24) is 0 Å². The van der Waals surface area contributed by atoms with Crippen LogP contribution in [-0.4, -0.2) is 62.4 Å². The number of phosphoric acid groups is 1. The zero-order valence-corrected chi connectivity index (χ0v) is 13.2. The summed E-state index contributed by atoms with van der Waals surface area (Å²) in [6.07, 6.45) is -0.337. The minimum Gasteiger partial charge on any atom is -0.460 e. The van der Waals surface area contributed by atoms with E-state index in [4.69, 9.17) is 13.8 Å². The van der Waals surface area contributed by atoms with Crippen molar-refractivity contribution in [2.75, 3.05) is 40.9 Å². The number of quaternary nitrogens is 1. The number of carbonyl (C=O) groups is 1. The first kappa shape index (κ1) is 18.5. The van der Waals surface area contributed by atoms with E-state index in [0.29, 0.717) is 11.0 Å². The highest BCUT2D eigenvalue weighted by Gasteiger charge is 2.24. The Morgan fingerprint density at radius 3 is 2.37 bits per heavy atom. The molecular weight excluding hydrogens is 273 g/mol. The van der Waals surface area contributed by atoms with E-state index in [1.165, 1.54) is 0 Å². The second-order valence-corrected chi connectivity index (χ2v) is 6.72. The van der Waals surface area contributed by atoms with Crippen molar-refractivity contribution >= 4 is 13.8 Å². The number of rotatable bonds is 9. The zero-order valence-electron chi connectivity index (χ0n) is 12.3. The van der Waals surface area contributed by atoms with E-state index in [1.807, 2.05) is 21.1 Å². The Kier molecular flexibility index (Phi) is 7.78. The van der Waals surface area contributed by atoms with Gasteiger partial charge in [0.2, 0.25) is 0 Å². The van der Waals surface area contributed by atoms with Crippen LogP contribution in [0.2, 0.25) is 0 Å². The van der Waals surface area contributed by atoms with Gasteiger partial charge in [0.05, 0.1) is 27.7 Å². The topological polar surface area (TPSA) is 82.1 Å². The third kappa shape index (κ3) is 11.1. The maximum absolute atomic E-state index is 11.5. The number of esters is 1. The Hall–Kier alpha value is -0.460. The van der Waals surface area contributed by atoms with E-state index < -0.39 is 13.9 Å². The molecule has 0 aromatic carbocycles. The fourth-order valence-electron chi connectivity index (χ4n) is 1.01. The van der Waals surface area contributed by atoms with E-state index in [0.717, 1.165) is 0 Å². The number of carbonyl (C=O) groups excluding carboxylic acids is 1. The van der Waals surface area contributed by atoms with Gasteiger partial charge in [-0.05, 0) is 6.92 Å². The first-order chi connectivity index (χ1) is 8.56. The van der Waals surface area contributed by atoms with Gasteiger partial charge in [-0.2, -0.15) is 0 Å². The molecule has 0 saturated heterocycles. The Bertz CT molecular complexity index is 328. The van der Waals surface area contributed by atoms with Crippen LogP contribution < -0.4 is 0 Å². The van der Waals surface area contributed by atoms with Gasteiger partial charge >= 0.3 is 13.8 Å². The number of hydrogen-bond acceptors (Lipinski definition) is 5. The molecule has 0 spiro atoms. The summed E-state index contributed by atoms with van der Waals surface area (Å²) in [6, 6.07) is 0. The van der Waals surface area contributed by atoms with Crippen molar-refractivity contribution in [3.05, 3.63) is 0 Å². The van der Waals surface area contributed by atoms with Gasteiger partial charge in [0.25, 0.3) is 0 Å². The average molecular weight is 298 g/mol. The van der Waals surface area contributed by atoms with Crippen LogP contribution in [0.3, 0.4) is 0 Å². The predicted octanol–water partition coefficient (Wildman–Crippen LogP) is 1.17. The third-order valence-corrected chi connectivity index (χ3v) is 3.09. The van der Waals surface area contributed by atoms with E-state index in [1.54, 1.807) is 13.8 Å². The molecule has 1 unspecified atom stereocenters. The summed E-state index contributed by atoms with van der Waals surface area (Å²) in [7, 11) is 1.74. The molecule has 1 N–H and O–H groups in total. The van der Waals surface area contributed by atoms with Gasteiger partial charge in [-0.1, -0.05) is 6.92 Å². The summed E-state index contributed by atoms with van der Waals surface area (Å²) < 4.78 is 26.6. The number of phosphoric ester groups is 1. The Morgan fingerprint density at radius 1 is 1.32 bits per heavy atom. The van der Waals surface area contributed by atoms with E-state index in [9.17, 15) is 14.3 Å². The molecule has 0 bridgehead atoms. The van der Waals surface area contributed by atoms with E-state index >= 15 is 0 Å². The van der Waals surface area contributed by atoms with Crippen LogP contribution in [-0.2, 0) is 23.1 Å². The fourth-order valence-corrected chi connectivity index (χ4v) is 1.79. The molecule has 0 aromatic heterocycles. The summed E-state index contributed by atoms with van der Waals surface area (Å²) in [6.45, 7) is 3.76. The lowest BCUT2D eigenvalue weighted by Gasteiger charge is -2.24. The molecule has 0 radical (unpaired) electrons. The third-order valence-electron chi connectivity index (χ3n) is 2.11. The first-order valence-electron chi connectivity index (χ1n) is 6.17. The Morgan fingerprint density at radius 2 is 1.89 bits per heavy atom. The summed E-state index contributed by atoms with van der Waals surface area (Å²) in [5, 5.41) is 0. The molecule has 0 aliphatic heterocycles. The molecule has 19 heavy (non-hydrogen) atoms. The van der Waals surface area contributed by atoms with E-state index in [-0.39, 0.29) is 25.6 Å². The highest BCUT2D eigenvalue weighted by Crippen LogP contribution is 2.43. The van der Waals surface area contributed by atoms with Crippen molar-refractivity contribution in [2.45, 2.75) is 26.4 Å². The smallest absolute Gasteiger partial charge is 0.460 e. The lowest BCUT2D eigenvalue weighted by molar-refractivity contribution is -0.870. The van der Waals surface area contributed by atoms with Crippen LogP contribution in [0.4, 0.5) is 0 Å². The van der Waals surface area contributed by atoms with E-state index in [2.05, 4.69) is 0 Å². The molecule has 0 heterocycles. The van der Waals surface area contributed by atoms with Crippen molar-refractivity contribution in [2.24, 2.45) is 0 Å². The van der Waals surface area contributed by atoms with Gasteiger partial charge in [0.1, 0.15) is 19.3 Å². The predicted molar refractivity (Wildman–Crippen MR) is 70.5 cm³/mol. The number of likely N-dealkylation sites (N-methyl/N-ethyl adjacent to an activating group) is 1. The minimum atomic E-state index is -4.09. The molecule has 0 fully saturated rings. The molecule has 0 aromatic rings. The number of nitrogens with zero attached hydrogens (tertiary/aromatic N) is 1. The molecule has 7 nitrogen and oxygen atoms in total. The number of ether oxygens (including phenoxy) is 1. The standard InChI is InChI=1S/C11H24NO6P/c1-6-11(13)18-10(2)9-17-19(14,15)16-8-7-12(3,4)5/h10H,6-9H2,1-5H3/p+1/t10-/m0/s1. The zero-order chi connectivity index (χ0) is 15.1. The molecule has 0 amide bonds. The Balaban J connectivity index is 3.96. The molecule has 0 aliphatic carbocycles. The van der Waals surface area contributed by atoms with Crippen molar-refractivity contribution in [3.63, 3.8) is 0 Å². The van der Waals surface area contributed by atoms with Gasteiger partial charge in [0, 0.05) is 6.42 Å². The normalized spacial score (nSPS) is 16.7. The first-order valence-corrected chi connectivity index (χ1v) is 7.67. The number of hydrogen-bond donors (Lipinski definition) is 1. The summed E-state index contributed by atoms with van der Waals surface area (Å²) in [5.74, 6) is -0.380. The summed E-state index contributed by atoms with van der Waals surface area (Å²) >= 11 is 0. The maximum atomic E-state index is 11.5. The molecular formula is C11H25NO6P+. The molecule has 114 valence electrons. The lowest BCUT2D eigenvalue weighted by atomic mass is 10.4. The quantitative estimate of drug-likeness (QED) is 0.391. The van der Waals surface area contributed by atoms with Crippen molar-refractivity contribution in [1.29, 1.82) is 0 Å². The van der Waals surface area contributed by atoms with Gasteiger partial charge in [-0.3, -0.25) is 13.8 Å². The van der Waals surface area contributed by atoms with Crippen LogP contribution in [0.25, 0.3) is 0 Å². The van der Waals surface area contributed by atoms with Crippen molar-refractivity contribution < 1.29 is 32.5 Å². The fraction of sp³-hybridized carbons (Fsp3) is 0.909. The molecule has 0 saturated carbocycles. The molecule has 8 heteroatoms. The van der Waals surface area contributed by atoms with Crippen LogP contribution in [0.5, 0.6) is 0 Å². The minimum absolute atomic E-state index is 0.112. The largest absolute Gasteiger partial charge is 0.472 e. The van der Waals surface area contributed by atoms with Gasteiger partial charge in [-0.25, -0.2) is 4.57 Å². The maximum Gasteiger partial charge on any atom is 0.472 e. The average Bonchev–Trinajstić information content (AvgIpc) is 2.24. The highest BCUT2D eigenvalue weighted by atomic mass is 31.2. The molecule has 2 atom stereocenters. The highest BCUT2D eigenvalue weighted by molar-refractivity contribution is 7.47. The lowest BCUT2D eigenvalue weighted by Crippen LogP contribution is -2.37. The van der Waals surface area contributed by atoms with Crippen molar-refractivity contribution in [3.8, 4) is 0 Å². The SMILES string of the molecule is CCC(=O)O[C@@H](C)COP(=O)(O)OCC[N+](C)(C)C. The van der Waals surface area contributed by atoms with Crippen LogP contribution in [0, 0.1) is 0 Å². The van der Waals surface area contributed by atoms with Crippen LogP contribution >= 0.6 is 7.82 Å². The second kappa shape index (κ2) is 7.97. The monoisotopic (exact) mass is 298 g/mol. The van der Waals surface area contributed by atoms with Gasteiger partial charge in [-0.15, -0.1) is 0 Å². The summed E-state index contributed by atoms with van der Waals surface area (Å²) in [4.78, 5) is 20.4. The van der Waals surface area contributed by atoms with Gasteiger partial charge in [0.15, 0.2) is 0 Å².